The third kappa shape index (κ3) is 4.47. The van der Waals surface area contributed by atoms with Crippen LogP contribution < -0.4 is 0 Å². The van der Waals surface area contributed by atoms with Crippen molar-refractivity contribution >= 4 is 23.5 Å². The van der Waals surface area contributed by atoms with E-state index in [1.807, 2.05) is 0 Å². The fourth-order valence-electron chi connectivity index (χ4n) is 1.61. The highest BCUT2D eigenvalue weighted by Crippen LogP contribution is 2.20. The number of nitrogens with zero attached hydrogens (tertiary/aromatic N) is 1. The molecule has 1 aromatic rings. The smallest absolute Gasteiger partial charge is 0.305 e. The molecule has 0 spiro atoms. The molecule has 20 heavy (non-hydrogen) atoms. The van der Waals surface area contributed by atoms with E-state index in [1.165, 1.54) is 24.1 Å². The van der Waals surface area contributed by atoms with Crippen molar-refractivity contribution in [1.82, 2.24) is 4.90 Å². The molecule has 0 fully saturated rings. The van der Waals surface area contributed by atoms with Gasteiger partial charge in [-0.2, -0.15) is 0 Å². The van der Waals surface area contributed by atoms with Gasteiger partial charge in [0, 0.05) is 20.2 Å². The van der Waals surface area contributed by atoms with Crippen LogP contribution in [0.25, 0.3) is 0 Å². The quantitative estimate of drug-likeness (QED) is 0.837. The van der Waals surface area contributed by atoms with Crippen molar-refractivity contribution < 1.29 is 23.8 Å². The van der Waals surface area contributed by atoms with E-state index in [1.54, 1.807) is 0 Å². The minimum absolute atomic E-state index is 0.00672. The van der Waals surface area contributed by atoms with E-state index in [0.717, 1.165) is 6.07 Å². The van der Waals surface area contributed by atoms with E-state index in [0.29, 0.717) is 0 Å². The number of hydrogen-bond donors (Lipinski definition) is 1. The lowest BCUT2D eigenvalue weighted by Gasteiger charge is -2.22. The highest BCUT2D eigenvalue weighted by molar-refractivity contribution is 6.33. The van der Waals surface area contributed by atoms with Crippen molar-refractivity contribution in [3.05, 3.63) is 34.6 Å². The first-order valence-electron chi connectivity index (χ1n) is 5.91. The Morgan fingerprint density at radius 1 is 1.40 bits per heavy atom. The first kappa shape index (κ1) is 16.4. The Bertz CT molecular complexity index is 475. The monoisotopic (exact) mass is 303 g/mol. The van der Waals surface area contributed by atoms with Crippen LogP contribution in [0.4, 0.5) is 4.39 Å². The van der Waals surface area contributed by atoms with Crippen LogP contribution in [0.15, 0.2) is 18.2 Å². The number of ether oxygens (including phenoxy) is 1. The van der Waals surface area contributed by atoms with Crippen LogP contribution in [0.5, 0.6) is 0 Å². The summed E-state index contributed by atoms with van der Waals surface area (Å²) < 4.78 is 18.6. The predicted molar refractivity (Wildman–Crippen MR) is 71.4 cm³/mol. The molecule has 1 rings (SSSR count). The lowest BCUT2D eigenvalue weighted by Crippen LogP contribution is -2.36. The number of carboxylic acids is 1. The number of methoxy groups -OCH3 is 1. The number of hydrogen-bond acceptors (Lipinski definition) is 3. The number of carbonyl (C=O) groups excluding carboxylic acids is 1. The molecule has 0 aromatic heterocycles. The summed E-state index contributed by atoms with van der Waals surface area (Å²) in [5.41, 5.74) is -0.254. The molecule has 0 radical (unpaired) electrons. The number of amides is 1. The number of carboxylic acid groups (broad SMARTS) is 1. The SMILES string of the molecule is COCCN(CCC(=O)O)C(=O)c1c(F)cccc1Cl. The van der Waals surface area contributed by atoms with Crippen molar-refractivity contribution in [3.63, 3.8) is 0 Å². The molecule has 0 aliphatic rings. The summed E-state index contributed by atoms with van der Waals surface area (Å²) >= 11 is 5.83. The van der Waals surface area contributed by atoms with Crippen LogP contribution in [0.1, 0.15) is 16.8 Å². The van der Waals surface area contributed by atoms with Crippen LogP contribution in [0.3, 0.4) is 0 Å². The lowest BCUT2D eigenvalue weighted by atomic mass is 10.1. The average Bonchev–Trinajstić information content (AvgIpc) is 2.38. The van der Waals surface area contributed by atoms with E-state index in [9.17, 15) is 14.0 Å². The number of benzene rings is 1. The summed E-state index contributed by atoms with van der Waals surface area (Å²) in [6.45, 7) is 0.340. The molecule has 1 N–H and O–H groups in total. The summed E-state index contributed by atoms with van der Waals surface area (Å²) in [5.74, 6) is -2.42. The number of halogens is 2. The third-order valence-electron chi connectivity index (χ3n) is 2.62. The van der Waals surface area contributed by atoms with Gasteiger partial charge >= 0.3 is 5.97 Å². The normalized spacial score (nSPS) is 10.3. The van der Waals surface area contributed by atoms with Gasteiger partial charge in [-0.05, 0) is 12.1 Å². The Hall–Kier alpha value is -1.66. The lowest BCUT2D eigenvalue weighted by molar-refractivity contribution is -0.137. The second kappa shape index (κ2) is 7.81. The van der Waals surface area contributed by atoms with Gasteiger partial charge in [0.15, 0.2) is 0 Å². The fourth-order valence-corrected chi connectivity index (χ4v) is 1.85. The van der Waals surface area contributed by atoms with Crippen LogP contribution in [-0.2, 0) is 9.53 Å². The van der Waals surface area contributed by atoms with Gasteiger partial charge in [0.25, 0.3) is 5.91 Å². The second-order valence-corrected chi connectivity index (χ2v) is 4.43. The molecule has 0 saturated carbocycles. The molecule has 0 aliphatic carbocycles. The predicted octanol–water partition coefficient (Wildman–Crippen LogP) is 2.04. The zero-order valence-corrected chi connectivity index (χ0v) is 11.7. The maximum atomic E-state index is 13.7. The molecule has 5 nitrogen and oxygen atoms in total. The summed E-state index contributed by atoms with van der Waals surface area (Å²) in [5, 5.41) is 8.67. The Morgan fingerprint density at radius 2 is 2.10 bits per heavy atom. The van der Waals surface area contributed by atoms with Gasteiger partial charge in [0.1, 0.15) is 5.82 Å². The third-order valence-corrected chi connectivity index (χ3v) is 2.94. The van der Waals surface area contributed by atoms with Gasteiger partial charge in [-0.25, -0.2) is 4.39 Å². The van der Waals surface area contributed by atoms with Crippen LogP contribution in [0.2, 0.25) is 5.02 Å². The van der Waals surface area contributed by atoms with E-state index in [4.69, 9.17) is 21.4 Å². The van der Waals surface area contributed by atoms with Crippen LogP contribution in [0, 0.1) is 5.82 Å². The van der Waals surface area contributed by atoms with E-state index >= 15 is 0 Å². The summed E-state index contributed by atoms with van der Waals surface area (Å²) in [7, 11) is 1.45. The summed E-state index contributed by atoms with van der Waals surface area (Å²) in [4.78, 5) is 24.1. The number of rotatable bonds is 7. The Kier molecular flexibility index (Phi) is 6.41. The molecule has 0 heterocycles. The van der Waals surface area contributed by atoms with Crippen LogP contribution >= 0.6 is 11.6 Å². The molecule has 0 saturated heterocycles. The maximum absolute atomic E-state index is 13.7. The zero-order chi connectivity index (χ0) is 15.1. The molecule has 0 unspecified atom stereocenters. The molecular formula is C13H15ClFNO4. The van der Waals surface area contributed by atoms with Gasteiger partial charge < -0.3 is 14.7 Å². The zero-order valence-electron chi connectivity index (χ0n) is 10.9. The summed E-state index contributed by atoms with van der Waals surface area (Å²) in [6, 6.07) is 3.93. The standard InChI is InChI=1S/C13H15ClFNO4/c1-20-8-7-16(6-5-11(17)18)13(19)12-9(14)3-2-4-10(12)15/h2-4H,5-8H2,1H3,(H,17,18). The van der Waals surface area contributed by atoms with Crippen LogP contribution in [-0.4, -0.2) is 48.7 Å². The first-order valence-corrected chi connectivity index (χ1v) is 6.29. The van der Waals surface area contributed by atoms with Crippen molar-refractivity contribution in [3.8, 4) is 0 Å². The minimum atomic E-state index is -1.04. The molecule has 1 aromatic carbocycles. The maximum Gasteiger partial charge on any atom is 0.305 e. The molecule has 110 valence electrons. The Morgan fingerprint density at radius 3 is 2.65 bits per heavy atom. The largest absolute Gasteiger partial charge is 0.481 e. The van der Waals surface area contributed by atoms with Crippen molar-refractivity contribution in [2.75, 3.05) is 26.8 Å². The van der Waals surface area contributed by atoms with Gasteiger partial charge in [-0.15, -0.1) is 0 Å². The van der Waals surface area contributed by atoms with Gasteiger partial charge in [-0.3, -0.25) is 9.59 Å². The molecule has 0 bridgehead atoms. The van der Waals surface area contributed by atoms with Gasteiger partial charge in [-0.1, -0.05) is 17.7 Å². The van der Waals surface area contributed by atoms with Crippen molar-refractivity contribution in [1.29, 1.82) is 0 Å². The fraction of sp³-hybridized carbons (Fsp3) is 0.385. The highest BCUT2D eigenvalue weighted by atomic mass is 35.5. The van der Waals surface area contributed by atoms with E-state index in [-0.39, 0.29) is 36.7 Å². The topological polar surface area (TPSA) is 66.8 Å². The van der Waals surface area contributed by atoms with E-state index < -0.39 is 17.7 Å². The number of aliphatic carboxylic acids is 1. The van der Waals surface area contributed by atoms with E-state index in [2.05, 4.69) is 0 Å². The Labute approximate surface area is 120 Å². The minimum Gasteiger partial charge on any atom is -0.481 e. The second-order valence-electron chi connectivity index (χ2n) is 4.03. The molecular weight excluding hydrogens is 289 g/mol. The highest BCUT2D eigenvalue weighted by Gasteiger charge is 2.22. The van der Waals surface area contributed by atoms with Crippen molar-refractivity contribution in [2.45, 2.75) is 6.42 Å². The van der Waals surface area contributed by atoms with Gasteiger partial charge in [0.2, 0.25) is 0 Å². The molecule has 0 atom stereocenters. The molecule has 0 aliphatic heterocycles. The molecule has 7 heteroatoms. The Balaban J connectivity index is 2.93. The molecule has 1 amide bonds. The van der Waals surface area contributed by atoms with Crippen molar-refractivity contribution in [2.24, 2.45) is 0 Å². The first-order chi connectivity index (χ1) is 9.47. The van der Waals surface area contributed by atoms with Gasteiger partial charge in [0.05, 0.1) is 23.6 Å². The summed E-state index contributed by atoms with van der Waals surface area (Å²) in [6.07, 6.45) is -0.235. The average molecular weight is 304 g/mol. The number of carbonyl (C=O) groups is 2.